The third-order valence-corrected chi connectivity index (χ3v) is 5.90. The molecule has 6 nitrogen and oxygen atoms in total. The van der Waals surface area contributed by atoms with Crippen LogP contribution in [0.15, 0.2) is 79.1 Å². The summed E-state index contributed by atoms with van der Waals surface area (Å²) in [6, 6.07) is 24.3. The van der Waals surface area contributed by atoms with Crippen molar-refractivity contribution in [1.29, 1.82) is 5.26 Å². The van der Waals surface area contributed by atoms with E-state index in [9.17, 15) is 5.26 Å². The maximum atomic E-state index is 9.46. The standard InChI is InChI=1S/C27H25N5O/c1-19-17-32(26-10-9-21(15-28)27-24(26)8-5-12-30-27)18-23(33-19)16-31-22-11-13-29-25(14-22)20-6-3-2-4-7-20/h2-14,19,23H,16-18H2,1H3,(H,29,31)/t19-,23-/m1/s1. The number of benzene rings is 2. The first-order chi connectivity index (χ1) is 16.2. The van der Waals surface area contributed by atoms with Crippen LogP contribution in [-0.4, -0.2) is 41.8 Å². The second kappa shape index (κ2) is 9.27. The zero-order valence-electron chi connectivity index (χ0n) is 18.5. The Kier molecular flexibility index (Phi) is 5.88. The third-order valence-electron chi connectivity index (χ3n) is 5.90. The predicted molar refractivity (Wildman–Crippen MR) is 131 cm³/mol. The maximum Gasteiger partial charge on any atom is 0.101 e. The molecular formula is C27H25N5O. The molecule has 0 unspecified atom stereocenters. The highest BCUT2D eigenvalue weighted by atomic mass is 16.5. The van der Waals surface area contributed by atoms with E-state index in [4.69, 9.17) is 4.74 Å². The maximum absolute atomic E-state index is 9.46. The zero-order chi connectivity index (χ0) is 22.6. The molecule has 2 aromatic heterocycles. The van der Waals surface area contributed by atoms with Crippen LogP contribution < -0.4 is 10.2 Å². The van der Waals surface area contributed by atoms with Gasteiger partial charge in [0, 0.05) is 54.4 Å². The summed E-state index contributed by atoms with van der Waals surface area (Å²) in [6.07, 6.45) is 3.67. The lowest BCUT2D eigenvalue weighted by atomic mass is 10.1. The van der Waals surface area contributed by atoms with Crippen LogP contribution in [0.3, 0.4) is 0 Å². The largest absolute Gasteiger partial charge is 0.382 e. The molecule has 4 aromatic rings. The third kappa shape index (κ3) is 4.50. The molecule has 1 saturated heterocycles. The number of fused-ring (bicyclic) bond motifs is 1. The summed E-state index contributed by atoms with van der Waals surface area (Å²) in [5, 5.41) is 14.0. The van der Waals surface area contributed by atoms with Crippen LogP contribution in [0.4, 0.5) is 11.4 Å². The van der Waals surface area contributed by atoms with E-state index >= 15 is 0 Å². The Bertz CT molecular complexity index is 1300. The van der Waals surface area contributed by atoms with Gasteiger partial charge in [-0.15, -0.1) is 0 Å². The van der Waals surface area contributed by atoms with Gasteiger partial charge in [-0.25, -0.2) is 0 Å². The van der Waals surface area contributed by atoms with Gasteiger partial charge in [0.1, 0.15) is 6.07 Å². The summed E-state index contributed by atoms with van der Waals surface area (Å²) in [4.78, 5) is 11.3. The fraction of sp³-hybridized carbons (Fsp3) is 0.222. The number of morpholine rings is 1. The molecule has 1 aliphatic heterocycles. The second-order valence-electron chi connectivity index (χ2n) is 8.29. The highest BCUT2D eigenvalue weighted by molar-refractivity contribution is 5.95. The normalized spacial score (nSPS) is 18.1. The lowest BCUT2D eigenvalue weighted by Crippen LogP contribution is -2.49. The van der Waals surface area contributed by atoms with Crippen molar-refractivity contribution >= 4 is 22.3 Å². The SMILES string of the molecule is C[C@@H]1CN(c2ccc(C#N)c3ncccc23)C[C@@H](CNc2ccnc(-c3ccccc3)c2)O1. The van der Waals surface area contributed by atoms with Crippen molar-refractivity contribution in [1.82, 2.24) is 9.97 Å². The van der Waals surface area contributed by atoms with Gasteiger partial charge in [0.15, 0.2) is 0 Å². The van der Waals surface area contributed by atoms with Crippen LogP contribution in [0.25, 0.3) is 22.2 Å². The molecule has 3 heterocycles. The average Bonchev–Trinajstić information content (AvgIpc) is 2.87. The molecule has 2 atom stereocenters. The second-order valence-corrected chi connectivity index (χ2v) is 8.29. The Hall–Kier alpha value is -3.95. The molecule has 0 saturated carbocycles. The van der Waals surface area contributed by atoms with Gasteiger partial charge in [0.2, 0.25) is 0 Å². The number of rotatable bonds is 5. The number of pyridine rings is 2. The van der Waals surface area contributed by atoms with Gasteiger partial charge in [-0.2, -0.15) is 5.26 Å². The summed E-state index contributed by atoms with van der Waals surface area (Å²) in [5.41, 5.74) is 5.49. The molecule has 0 bridgehead atoms. The zero-order valence-corrected chi connectivity index (χ0v) is 18.5. The molecule has 5 rings (SSSR count). The molecule has 0 aliphatic carbocycles. The van der Waals surface area contributed by atoms with Gasteiger partial charge in [0.25, 0.3) is 0 Å². The molecule has 0 radical (unpaired) electrons. The van der Waals surface area contributed by atoms with Crippen LogP contribution in [0.5, 0.6) is 0 Å². The van der Waals surface area contributed by atoms with E-state index in [1.807, 2.05) is 54.7 Å². The fourth-order valence-corrected chi connectivity index (χ4v) is 4.42. The van der Waals surface area contributed by atoms with Crippen LogP contribution in [0.1, 0.15) is 12.5 Å². The summed E-state index contributed by atoms with van der Waals surface area (Å²) in [7, 11) is 0. The quantitative estimate of drug-likeness (QED) is 0.482. The van der Waals surface area contributed by atoms with E-state index in [0.29, 0.717) is 12.1 Å². The molecule has 1 N–H and O–H groups in total. The van der Waals surface area contributed by atoms with Crippen molar-refractivity contribution in [2.45, 2.75) is 19.1 Å². The molecule has 1 aliphatic rings. The van der Waals surface area contributed by atoms with Crippen molar-refractivity contribution in [2.75, 3.05) is 29.9 Å². The van der Waals surface area contributed by atoms with E-state index < -0.39 is 0 Å². The Balaban J connectivity index is 1.33. The Labute approximate surface area is 193 Å². The van der Waals surface area contributed by atoms with Crippen molar-refractivity contribution in [3.05, 3.63) is 84.7 Å². The number of hydrogen-bond donors (Lipinski definition) is 1. The highest BCUT2D eigenvalue weighted by Gasteiger charge is 2.26. The Morgan fingerprint density at radius 2 is 1.91 bits per heavy atom. The molecule has 0 amide bonds. The van der Waals surface area contributed by atoms with E-state index in [1.54, 1.807) is 6.20 Å². The van der Waals surface area contributed by atoms with Crippen LogP contribution in [0.2, 0.25) is 0 Å². The summed E-state index contributed by atoms with van der Waals surface area (Å²) in [5.74, 6) is 0. The van der Waals surface area contributed by atoms with Crippen LogP contribution >= 0.6 is 0 Å². The minimum Gasteiger partial charge on any atom is -0.382 e. The number of nitriles is 1. The lowest BCUT2D eigenvalue weighted by Gasteiger charge is -2.39. The number of nitrogens with one attached hydrogen (secondary N) is 1. The molecule has 1 fully saturated rings. The van der Waals surface area contributed by atoms with Gasteiger partial charge >= 0.3 is 0 Å². The van der Waals surface area contributed by atoms with E-state index in [1.165, 1.54) is 0 Å². The number of hydrogen-bond acceptors (Lipinski definition) is 6. The van der Waals surface area contributed by atoms with Crippen LogP contribution in [0, 0.1) is 11.3 Å². The minimum atomic E-state index is 0.0180. The first-order valence-corrected chi connectivity index (χ1v) is 11.1. The molecule has 6 heteroatoms. The summed E-state index contributed by atoms with van der Waals surface area (Å²) in [6.45, 7) is 4.33. The summed E-state index contributed by atoms with van der Waals surface area (Å²) < 4.78 is 6.24. The number of anilines is 2. The average molecular weight is 436 g/mol. The van der Waals surface area contributed by atoms with Crippen molar-refractivity contribution < 1.29 is 4.74 Å². The van der Waals surface area contributed by atoms with Gasteiger partial charge in [-0.1, -0.05) is 30.3 Å². The summed E-state index contributed by atoms with van der Waals surface area (Å²) >= 11 is 0. The molecule has 2 aromatic carbocycles. The Morgan fingerprint density at radius 3 is 2.76 bits per heavy atom. The minimum absolute atomic E-state index is 0.0180. The Morgan fingerprint density at radius 1 is 1.03 bits per heavy atom. The van der Waals surface area contributed by atoms with Gasteiger partial charge < -0.3 is 15.0 Å². The number of nitrogens with zero attached hydrogens (tertiary/aromatic N) is 4. The highest BCUT2D eigenvalue weighted by Crippen LogP contribution is 2.30. The first-order valence-electron chi connectivity index (χ1n) is 11.1. The smallest absolute Gasteiger partial charge is 0.101 e. The first kappa shape index (κ1) is 20.9. The van der Waals surface area contributed by atoms with Gasteiger partial charge in [-0.05, 0) is 43.3 Å². The monoisotopic (exact) mass is 435 g/mol. The molecule has 0 spiro atoms. The van der Waals surface area contributed by atoms with Crippen molar-refractivity contribution in [2.24, 2.45) is 0 Å². The topological polar surface area (TPSA) is 74.1 Å². The molecule has 33 heavy (non-hydrogen) atoms. The molecular weight excluding hydrogens is 410 g/mol. The fourth-order valence-electron chi connectivity index (χ4n) is 4.42. The number of aromatic nitrogens is 2. The molecule has 164 valence electrons. The van der Waals surface area contributed by atoms with E-state index in [-0.39, 0.29) is 12.2 Å². The van der Waals surface area contributed by atoms with E-state index in [0.717, 1.165) is 46.6 Å². The van der Waals surface area contributed by atoms with Gasteiger partial charge in [0.05, 0.1) is 29.0 Å². The van der Waals surface area contributed by atoms with E-state index in [2.05, 4.69) is 51.4 Å². The lowest BCUT2D eigenvalue weighted by molar-refractivity contribution is -0.00820. The number of ether oxygens (including phenoxy) is 1. The van der Waals surface area contributed by atoms with Crippen molar-refractivity contribution in [3.8, 4) is 17.3 Å². The predicted octanol–water partition coefficient (Wildman–Crippen LogP) is 4.87. The van der Waals surface area contributed by atoms with Crippen LogP contribution in [-0.2, 0) is 4.74 Å². The van der Waals surface area contributed by atoms with Gasteiger partial charge in [-0.3, -0.25) is 9.97 Å². The van der Waals surface area contributed by atoms with Crippen molar-refractivity contribution in [3.63, 3.8) is 0 Å².